The fourth-order valence-electron chi connectivity index (χ4n) is 3.26. The standard InChI is InChI=1S/C21H23NO4S/c1-14(23)18(11-15-7-3-2-4-8-15)22-20(24)12-26-21(25)17-13-27-19-10-6-5-9-16(17)19/h2-4,7-8,13,18H,5-6,9-12H2,1H3,(H,22,24)/t18-/m0/s1. The van der Waals surface area contributed by atoms with Crippen molar-refractivity contribution < 1.29 is 19.1 Å². The zero-order chi connectivity index (χ0) is 19.2. The number of ether oxygens (including phenoxy) is 1. The van der Waals surface area contributed by atoms with Crippen LogP contribution in [0.2, 0.25) is 0 Å². The van der Waals surface area contributed by atoms with Gasteiger partial charge in [-0.05, 0) is 50.2 Å². The summed E-state index contributed by atoms with van der Waals surface area (Å²) < 4.78 is 5.19. The van der Waals surface area contributed by atoms with E-state index in [1.165, 1.54) is 11.8 Å². The fraction of sp³-hybridized carbons (Fsp3) is 0.381. The molecule has 0 fully saturated rings. The lowest BCUT2D eigenvalue weighted by Gasteiger charge is -2.16. The molecule has 0 bridgehead atoms. The Morgan fingerprint density at radius 3 is 2.63 bits per heavy atom. The summed E-state index contributed by atoms with van der Waals surface area (Å²) in [6.45, 7) is 1.06. The largest absolute Gasteiger partial charge is 0.452 e. The lowest BCUT2D eigenvalue weighted by molar-refractivity contribution is -0.128. The van der Waals surface area contributed by atoms with Crippen molar-refractivity contribution in [1.82, 2.24) is 5.32 Å². The number of aryl methyl sites for hydroxylation is 1. The second-order valence-corrected chi connectivity index (χ2v) is 7.72. The average molecular weight is 385 g/mol. The molecule has 0 aliphatic heterocycles. The van der Waals surface area contributed by atoms with E-state index in [1.54, 1.807) is 11.3 Å². The van der Waals surface area contributed by atoms with Gasteiger partial charge in [0.25, 0.3) is 5.91 Å². The Hall–Kier alpha value is -2.47. The SMILES string of the molecule is CC(=O)[C@H](Cc1ccccc1)NC(=O)COC(=O)c1csc2c1CCCC2. The Balaban J connectivity index is 1.54. The second kappa shape index (κ2) is 8.95. The van der Waals surface area contributed by atoms with Gasteiger partial charge in [0, 0.05) is 10.3 Å². The van der Waals surface area contributed by atoms with Crippen LogP contribution < -0.4 is 5.32 Å². The highest BCUT2D eigenvalue weighted by Gasteiger charge is 2.23. The summed E-state index contributed by atoms with van der Waals surface area (Å²) in [5, 5.41) is 4.49. The first kappa shape index (κ1) is 19.3. The smallest absolute Gasteiger partial charge is 0.339 e. The number of amides is 1. The molecule has 1 atom stereocenters. The summed E-state index contributed by atoms with van der Waals surface area (Å²) >= 11 is 1.58. The van der Waals surface area contributed by atoms with Crippen molar-refractivity contribution in [3.8, 4) is 0 Å². The zero-order valence-electron chi connectivity index (χ0n) is 15.3. The number of carbonyl (C=O) groups is 3. The molecule has 0 unspecified atom stereocenters. The summed E-state index contributed by atoms with van der Waals surface area (Å²) in [4.78, 5) is 37.6. The average Bonchev–Trinajstić information content (AvgIpc) is 3.10. The number of nitrogens with one attached hydrogen (secondary N) is 1. The van der Waals surface area contributed by atoms with Crippen molar-refractivity contribution in [3.63, 3.8) is 0 Å². The molecule has 1 aromatic carbocycles. The molecule has 1 aliphatic rings. The maximum Gasteiger partial charge on any atom is 0.339 e. The number of fused-ring (bicyclic) bond motifs is 1. The monoisotopic (exact) mass is 385 g/mol. The molecule has 1 amide bonds. The third kappa shape index (κ3) is 5.04. The molecule has 0 spiro atoms. The number of hydrogen-bond donors (Lipinski definition) is 1. The number of ketones is 1. The molecule has 1 aromatic heterocycles. The molecule has 6 heteroatoms. The van der Waals surface area contributed by atoms with Gasteiger partial charge in [-0.25, -0.2) is 4.79 Å². The highest BCUT2D eigenvalue weighted by molar-refractivity contribution is 7.10. The highest BCUT2D eigenvalue weighted by Crippen LogP contribution is 2.30. The van der Waals surface area contributed by atoms with Crippen molar-refractivity contribution in [2.24, 2.45) is 0 Å². The molecule has 2 aromatic rings. The lowest BCUT2D eigenvalue weighted by Crippen LogP contribution is -2.43. The fourth-order valence-corrected chi connectivity index (χ4v) is 4.37. The Bertz CT molecular complexity index is 828. The summed E-state index contributed by atoms with van der Waals surface area (Å²) in [7, 11) is 0. The molecule has 5 nitrogen and oxygen atoms in total. The van der Waals surface area contributed by atoms with E-state index in [0.717, 1.165) is 36.8 Å². The van der Waals surface area contributed by atoms with E-state index in [-0.39, 0.29) is 12.4 Å². The number of thiophene rings is 1. The Morgan fingerprint density at radius 1 is 1.15 bits per heavy atom. The summed E-state index contributed by atoms with van der Waals surface area (Å²) in [6.07, 6.45) is 4.53. The maximum atomic E-state index is 12.3. The first-order valence-electron chi connectivity index (χ1n) is 9.14. The topological polar surface area (TPSA) is 72.5 Å². The van der Waals surface area contributed by atoms with Gasteiger partial charge < -0.3 is 10.1 Å². The van der Waals surface area contributed by atoms with Crippen LogP contribution in [0.25, 0.3) is 0 Å². The molecule has 1 aliphatic carbocycles. The van der Waals surface area contributed by atoms with Crippen LogP contribution in [0, 0.1) is 0 Å². The number of hydrogen-bond acceptors (Lipinski definition) is 5. The van der Waals surface area contributed by atoms with Crippen molar-refractivity contribution in [2.45, 2.75) is 45.1 Å². The van der Waals surface area contributed by atoms with E-state index in [1.807, 2.05) is 35.7 Å². The van der Waals surface area contributed by atoms with E-state index in [0.29, 0.717) is 12.0 Å². The maximum absolute atomic E-state index is 12.3. The minimum atomic E-state index is -0.632. The number of Topliss-reactive ketones (excluding diaryl/α,β-unsaturated/α-hetero) is 1. The van der Waals surface area contributed by atoms with Crippen LogP contribution >= 0.6 is 11.3 Å². The van der Waals surface area contributed by atoms with E-state index in [4.69, 9.17) is 4.74 Å². The molecule has 0 saturated heterocycles. The third-order valence-corrected chi connectivity index (χ3v) is 5.81. The molecule has 1 N–H and O–H groups in total. The molecule has 0 radical (unpaired) electrons. The van der Waals surface area contributed by atoms with Gasteiger partial charge in [0.05, 0.1) is 11.6 Å². The van der Waals surface area contributed by atoms with Gasteiger partial charge in [-0.3, -0.25) is 9.59 Å². The zero-order valence-corrected chi connectivity index (χ0v) is 16.1. The van der Waals surface area contributed by atoms with Gasteiger partial charge in [0.1, 0.15) is 0 Å². The minimum absolute atomic E-state index is 0.134. The Labute approximate surface area is 162 Å². The second-order valence-electron chi connectivity index (χ2n) is 6.75. The number of carbonyl (C=O) groups excluding carboxylic acids is 3. The Kier molecular flexibility index (Phi) is 6.40. The van der Waals surface area contributed by atoms with Crippen LogP contribution in [-0.4, -0.2) is 30.3 Å². The predicted molar refractivity (Wildman–Crippen MR) is 104 cm³/mol. The van der Waals surface area contributed by atoms with Crippen molar-refractivity contribution >= 4 is 29.0 Å². The van der Waals surface area contributed by atoms with Crippen molar-refractivity contribution in [3.05, 3.63) is 57.3 Å². The minimum Gasteiger partial charge on any atom is -0.452 e. The van der Waals surface area contributed by atoms with Crippen LogP contribution in [0.1, 0.15) is 46.1 Å². The van der Waals surface area contributed by atoms with Gasteiger partial charge in [0.15, 0.2) is 12.4 Å². The van der Waals surface area contributed by atoms with Crippen LogP contribution in [-0.2, 0) is 33.6 Å². The number of benzene rings is 1. The molecular formula is C21H23NO4S. The van der Waals surface area contributed by atoms with Crippen molar-refractivity contribution in [1.29, 1.82) is 0 Å². The van der Waals surface area contributed by atoms with Crippen LogP contribution in [0.15, 0.2) is 35.7 Å². The molecule has 142 valence electrons. The molecule has 1 heterocycles. The predicted octanol–water partition coefficient (Wildman–Crippen LogP) is 3.10. The van der Waals surface area contributed by atoms with Gasteiger partial charge in [-0.2, -0.15) is 0 Å². The third-order valence-electron chi connectivity index (χ3n) is 4.72. The van der Waals surface area contributed by atoms with Crippen molar-refractivity contribution in [2.75, 3.05) is 6.61 Å². The molecule has 27 heavy (non-hydrogen) atoms. The van der Waals surface area contributed by atoms with Crippen LogP contribution in [0.4, 0.5) is 0 Å². The van der Waals surface area contributed by atoms with E-state index in [9.17, 15) is 14.4 Å². The molecular weight excluding hydrogens is 362 g/mol. The van der Waals surface area contributed by atoms with Crippen LogP contribution in [0.5, 0.6) is 0 Å². The quantitative estimate of drug-likeness (QED) is 0.744. The number of rotatable bonds is 7. The highest BCUT2D eigenvalue weighted by atomic mass is 32.1. The Morgan fingerprint density at radius 2 is 1.89 bits per heavy atom. The normalized spacial score (nSPS) is 14.1. The first-order chi connectivity index (χ1) is 13.0. The molecule has 3 rings (SSSR count). The van der Waals surface area contributed by atoms with Gasteiger partial charge in [0.2, 0.25) is 0 Å². The van der Waals surface area contributed by atoms with E-state index < -0.39 is 17.9 Å². The lowest BCUT2D eigenvalue weighted by atomic mass is 9.96. The van der Waals surface area contributed by atoms with Gasteiger partial charge in [-0.1, -0.05) is 30.3 Å². The van der Waals surface area contributed by atoms with E-state index >= 15 is 0 Å². The van der Waals surface area contributed by atoms with Gasteiger partial charge in [-0.15, -0.1) is 11.3 Å². The summed E-state index contributed by atoms with van der Waals surface area (Å²) in [5.41, 5.74) is 2.61. The first-order valence-corrected chi connectivity index (χ1v) is 10.0. The van der Waals surface area contributed by atoms with Gasteiger partial charge >= 0.3 is 5.97 Å². The number of esters is 1. The summed E-state index contributed by atoms with van der Waals surface area (Å²) in [6, 6.07) is 8.85. The molecule has 0 saturated carbocycles. The van der Waals surface area contributed by atoms with E-state index in [2.05, 4.69) is 5.32 Å². The summed E-state index contributed by atoms with van der Waals surface area (Å²) in [5.74, 6) is -1.07. The van der Waals surface area contributed by atoms with Crippen LogP contribution in [0.3, 0.4) is 0 Å².